The van der Waals surface area contributed by atoms with Crippen LogP contribution in [0.15, 0.2) is 41.3 Å². The molecule has 2 amide bonds. The summed E-state index contributed by atoms with van der Waals surface area (Å²) < 4.78 is 5.14. The number of carbonyl (C=O) groups excluding carboxylic acids is 1. The number of nitrogens with one attached hydrogen (secondary N) is 2. The van der Waals surface area contributed by atoms with Gasteiger partial charge in [0, 0.05) is 18.1 Å². The molecule has 6 nitrogen and oxygen atoms in total. The van der Waals surface area contributed by atoms with Crippen molar-refractivity contribution in [3.05, 3.63) is 48.2 Å². The molecular formula is C14H17N3O3. The molecule has 2 aromatic heterocycles. The molecule has 20 heavy (non-hydrogen) atoms. The number of pyridine rings is 1. The van der Waals surface area contributed by atoms with Gasteiger partial charge in [0.15, 0.2) is 0 Å². The Balaban J connectivity index is 1.91. The summed E-state index contributed by atoms with van der Waals surface area (Å²) in [6.45, 7) is 3.46. The van der Waals surface area contributed by atoms with E-state index in [1.165, 1.54) is 6.26 Å². The number of urea groups is 1. The average molecular weight is 275 g/mol. The van der Waals surface area contributed by atoms with Gasteiger partial charge in [-0.1, -0.05) is 0 Å². The first-order valence-electron chi connectivity index (χ1n) is 6.21. The van der Waals surface area contributed by atoms with Crippen molar-refractivity contribution in [2.45, 2.75) is 19.4 Å². The van der Waals surface area contributed by atoms with E-state index in [2.05, 4.69) is 15.6 Å². The first-order chi connectivity index (χ1) is 9.49. The van der Waals surface area contributed by atoms with Crippen molar-refractivity contribution in [3.8, 4) is 0 Å². The van der Waals surface area contributed by atoms with Gasteiger partial charge in [-0.3, -0.25) is 4.98 Å². The summed E-state index contributed by atoms with van der Waals surface area (Å²) in [5, 5.41) is 15.5. The lowest BCUT2D eigenvalue weighted by Crippen LogP contribution is -2.40. The van der Waals surface area contributed by atoms with Crippen LogP contribution < -0.4 is 10.6 Å². The Bertz CT molecular complexity index is 579. The minimum Gasteiger partial charge on any atom is -0.466 e. The van der Waals surface area contributed by atoms with Crippen LogP contribution >= 0.6 is 0 Å². The number of aliphatic hydroxyl groups is 1. The highest BCUT2D eigenvalue weighted by atomic mass is 16.4. The monoisotopic (exact) mass is 275 g/mol. The van der Waals surface area contributed by atoms with E-state index in [9.17, 15) is 9.90 Å². The SMILES string of the molecule is Cc1cnccc1NC(=O)NCC(C)(O)c1ccco1. The minimum atomic E-state index is -1.26. The standard InChI is InChI=1S/C14H17N3O3/c1-10-8-15-6-5-11(10)17-13(18)16-9-14(2,19)12-4-3-7-20-12/h3-8,19H,9H2,1-2H3,(H2,15,16,17,18). The van der Waals surface area contributed by atoms with Crippen LogP contribution in [-0.2, 0) is 5.60 Å². The Morgan fingerprint density at radius 2 is 2.30 bits per heavy atom. The van der Waals surface area contributed by atoms with E-state index in [-0.39, 0.29) is 6.54 Å². The Labute approximate surface area is 116 Å². The van der Waals surface area contributed by atoms with Crippen molar-refractivity contribution >= 4 is 11.7 Å². The van der Waals surface area contributed by atoms with Crippen LogP contribution in [0.25, 0.3) is 0 Å². The molecule has 2 aromatic rings. The van der Waals surface area contributed by atoms with E-state index in [0.29, 0.717) is 11.4 Å². The molecule has 1 unspecified atom stereocenters. The quantitative estimate of drug-likeness (QED) is 0.796. The van der Waals surface area contributed by atoms with Gasteiger partial charge in [-0.05, 0) is 37.6 Å². The molecular weight excluding hydrogens is 258 g/mol. The smallest absolute Gasteiger partial charge is 0.319 e. The largest absolute Gasteiger partial charge is 0.466 e. The molecule has 1 atom stereocenters. The van der Waals surface area contributed by atoms with Crippen LogP contribution in [0.5, 0.6) is 0 Å². The molecule has 0 bridgehead atoms. The van der Waals surface area contributed by atoms with Gasteiger partial charge in [-0.15, -0.1) is 0 Å². The number of carbonyl (C=O) groups is 1. The lowest BCUT2D eigenvalue weighted by Gasteiger charge is -2.21. The van der Waals surface area contributed by atoms with Crippen LogP contribution in [-0.4, -0.2) is 22.7 Å². The van der Waals surface area contributed by atoms with E-state index >= 15 is 0 Å². The van der Waals surface area contributed by atoms with Crippen LogP contribution in [0.4, 0.5) is 10.5 Å². The zero-order valence-corrected chi connectivity index (χ0v) is 11.4. The second-order valence-electron chi connectivity index (χ2n) is 4.75. The van der Waals surface area contributed by atoms with E-state index < -0.39 is 11.6 Å². The molecule has 0 aliphatic heterocycles. The van der Waals surface area contributed by atoms with Gasteiger partial charge in [0.2, 0.25) is 0 Å². The molecule has 0 aliphatic carbocycles. The van der Waals surface area contributed by atoms with Crippen LogP contribution in [0.1, 0.15) is 18.2 Å². The van der Waals surface area contributed by atoms with E-state index in [0.717, 1.165) is 5.56 Å². The molecule has 0 aromatic carbocycles. The summed E-state index contributed by atoms with van der Waals surface area (Å²) in [5.74, 6) is 0.401. The molecule has 3 N–H and O–H groups in total. The predicted molar refractivity (Wildman–Crippen MR) is 74.3 cm³/mol. The number of aryl methyl sites for hydroxylation is 1. The van der Waals surface area contributed by atoms with Crippen LogP contribution in [0.3, 0.4) is 0 Å². The summed E-state index contributed by atoms with van der Waals surface area (Å²) in [6.07, 6.45) is 4.74. The fraction of sp³-hybridized carbons (Fsp3) is 0.286. The van der Waals surface area contributed by atoms with Gasteiger partial charge >= 0.3 is 6.03 Å². The van der Waals surface area contributed by atoms with E-state index in [4.69, 9.17) is 4.42 Å². The van der Waals surface area contributed by atoms with Crippen LogP contribution in [0.2, 0.25) is 0 Å². The number of aromatic nitrogens is 1. The van der Waals surface area contributed by atoms with Gasteiger partial charge in [0.1, 0.15) is 11.4 Å². The molecule has 0 saturated carbocycles. The Morgan fingerprint density at radius 1 is 1.50 bits per heavy atom. The van der Waals surface area contributed by atoms with Crippen molar-refractivity contribution in [2.24, 2.45) is 0 Å². The summed E-state index contributed by atoms with van der Waals surface area (Å²) in [7, 11) is 0. The van der Waals surface area contributed by atoms with Crippen LogP contribution in [0, 0.1) is 6.92 Å². The zero-order valence-electron chi connectivity index (χ0n) is 11.4. The molecule has 6 heteroatoms. The number of furan rings is 1. The average Bonchev–Trinajstić information content (AvgIpc) is 2.94. The number of hydrogen-bond acceptors (Lipinski definition) is 4. The molecule has 2 heterocycles. The lowest BCUT2D eigenvalue weighted by atomic mass is 10.0. The maximum absolute atomic E-state index is 11.8. The van der Waals surface area contributed by atoms with E-state index in [1.807, 2.05) is 6.92 Å². The van der Waals surface area contributed by atoms with Gasteiger partial charge in [0.25, 0.3) is 0 Å². The summed E-state index contributed by atoms with van der Waals surface area (Å²) in [4.78, 5) is 15.7. The maximum atomic E-state index is 11.8. The third-order valence-electron chi connectivity index (χ3n) is 2.91. The summed E-state index contributed by atoms with van der Waals surface area (Å²) in [5.41, 5.74) is 0.282. The van der Waals surface area contributed by atoms with Gasteiger partial charge in [-0.25, -0.2) is 4.79 Å². The normalized spacial score (nSPS) is 13.6. The number of nitrogens with zero attached hydrogens (tertiary/aromatic N) is 1. The highest BCUT2D eigenvalue weighted by molar-refractivity contribution is 5.89. The first kappa shape index (κ1) is 14.1. The number of rotatable bonds is 4. The van der Waals surface area contributed by atoms with Crippen molar-refractivity contribution < 1.29 is 14.3 Å². The van der Waals surface area contributed by atoms with Crippen molar-refractivity contribution in [1.82, 2.24) is 10.3 Å². The third kappa shape index (κ3) is 3.36. The second-order valence-corrected chi connectivity index (χ2v) is 4.75. The zero-order chi connectivity index (χ0) is 14.6. The Morgan fingerprint density at radius 3 is 2.95 bits per heavy atom. The molecule has 0 aliphatic rings. The molecule has 0 fully saturated rings. The number of amides is 2. The molecule has 0 spiro atoms. The van der Waals surface area contributed by atoms with Crippen molar-refractivity contribution in [3.63, 3.8) is 0 Å². The Hall–Kier alpha value is -2.34. The topological polar surface area (TPSA) is 87.4 Å². The fourth-order valence-corrected chi connectivity index (χ4v) is 1.70. The number of anilines is 1. The van der Waals surface area contributed by atoms with Gasteiger partial charge in [0.05, 0.1) is 12.8 Å². The van der Waals surface area contributed by atoms with Crippen molar-refractivity contribution in [1.29, 1.82) is 0 Å². The minimum absolute atomic E-state index is 0.0382. The van der Waals surface area contributed by atoms with Gasteiger partial charge < -0.3 is 20.2 Å². The summed E-state index contributed by atoms with van der Waals surface area (Å²) in [6, 6.07) is 4.65. The lowest BCUT2D eigenvalue weighted by molar-refractivity contribution is 0.0372. The maximum Gasteiger partial charge on any atom is 0.319 e. The first-order valence-corrected chi connectivity index (χ1v) is 6.21. The molecule has 0 saturated heterocycles. The fourth-order valence-electron chi connectivity index (χ4n) is 1.70. The second kappa shape index (κ2) is 5.75. The van der Waals surface area contributed by atoms with Crippen molar-refractivity contribution in [2.75, 3.05) is 11.9 Å². The number of hydrogen-bond donors (Lipinski definition) is 3. The summed E-state index contributed by atoms with van der Waals surface area (Å²) >= 11 is 0. The molecule has 2 rings (SSSR count). The highest BCUT2D eigenvalue weighted by Crippen LogP contribution is 2.19. The molecule has 0 radical (unpaired) electrons. The highest BCUT2D eigenvalue weighted by Gasteiger charge is 2.26. The molecule has 106 valence electrons. The predicted octanol–water partition coefficient (Wildman–Crippen LogP) is 2.01. The van der Waals surface area contributed by atoms with E-state index in [1.54, 1.807) is 37.5 Å². The Kier molecular flexibility index (Phi) is 4.05. The third-order valence-corrected chi connectivity index (χ3v) is 2.91. The van der Waals surface area contributed by atoms with Gasteiger partial charge in [-0.2, -0.15) is 0 Å².